The molecule has 0 fully saturated rings. The van der Waals surface area contributed by atoms with Gasteiger partial charge in [-0.2, -0.15) is 4.99 Å². The summed E-state index contributed by atoms with van der Waals surface area (Å²) >= 11 is 1.24. The Hall–Kier alpha value is -2.36. The number of fused-ring (bicyclic) bond motifs is 1. The van der Waals surface area contributed by atoms with Crippen molar-refractivity contribution < 1.29 is 22.3 Å². The van der Waals surface area contributed by atoms with Crippen molar-refractivity contribution in [1.29, 1.82) is 0 Å². The third kappa shape index (κ3) is 5.28. The molecule has 0 saturated heterocycles. The number of benzene rings is 2. The van der Waals surface area contributed by atoms with Crippen LogP contribution in [0.3, 0.4) is 0 Å². The molecule has 0 aliphatic rings. The molecule has 0 unspecified atom stereocenters. The third-order valence-electron chi connectivity index (χ3n) is 4.76. The van der Waals surface area contributed by atoms with Crippen LogP contribution in [0.4, 0.5) is 4.39 Å². The minimum atomic E-state index is -3.36. The molecule has 2 aromatic carbocycles. The fourth-order valence-corrected chi connectivity index (χ4v) is 5.22. The van der Waals surface area contributed by atoms with Crippen LogP contribution in [0.15, 0.2) is 52.4 Å². The van der Waals surface area contributed by atoms with Gasteiger partial charge in [0, 0.05) is 13.2 Å². The van der Waals surface area contributed by atoms with E-state index in [-0.39, 0.29) is 17.1 Å². The lowest BCUT2D eigenvalue weighted by atomic mass is 10.1. The number of aromatic nitrogens is 1. The van der Waals surface area contributed by atoms with E-state index in [4.69, 9.17) is 4.74 Å². The monoisotopic (exact) mass is 464 g/mol. The van der Waals surface area contributed by atoms with Gasteiger partial charge >= 0.3 is 0 Å². The van der Waals surface area contributed by atoms with E-state index in [1.807, 2.05) is 6.92 Å². The van der Waals surface area contributed by atoms with Crippen LogP contribution >= 0.6 is 11.3 Å². The largest absolute Gasteiger partial charge is 0.380 e. The standard InChI is InChI=1S/C22H25FN2O4S2/c1-4-29-13-12-25-21-18(23)6-5-7-19(21)30-22(25)24-20(26)14-16-8-10-17(11-9-16)31(27,28)15(2)3/h5-11,15H,4,12-14H2,1-3H3. The zero-order valence-corrected chi connectivity index (χ0v) is 19.3. The number of rotatable bonds is 8. The van der Waals surface area contributed by atoms with E-state index in [0.717, 1.165) is 0 Å². The normalized spacial score (nSPS) is 12.7. The van der Waals surface area contributed by atoms with Crippen LogP contribution in [-0.4, -0.2) is 37.4 Å². The van der Waals surface area contributed by atoms with Gasteiger partial charge in [0.25, 0.3) is 5.91 Å². The van der Waals surface area contributed by atoms with Crippen LogP contribution in [0.1, 0.15) is 26.3 Å². The first kappa shape index (κ1) is 23.3. The highest BCUT2D eigenvalue weighted by Gasteiger charge is 2.19. The molecule has 0 radical (unpaired) electrons. The van der Waals surface area contributed by atoms with Gasteiger partial charge in [-0.15, -0.1) is 0 Å². The Labute approximate surface area is 184 Å². The van der Waals surface area contributed by atoms with Crippen LogP contribution in [0, 0.1) is 5.82 Å². The third-order valence-corrected chi connectivity index (χ3v) is 7.98. The summed E-state index contributed by atoms with van der Waals surface area (Å²) in [5.41, 5.74) is 1.06. The van der Waals surface area contributed by atoms with Crippen molar-refractivity contribution in [3.8, 4) is 0 Å². The average molecular weight is 465 g/mol. The van der Waals surface area contributed by atoms with Gasteiger partial charge in [0.1, 0.15) is 5.82 Å². The maximum Gasteiger partial charge on any atom is 0.252 e. The molecule has 1 aromatic heterocycles. The van der Waals surface area contributed by atoms with Crippen LogP contribution < -0.4 is 4.80 Å². The summed E-state index contributed by atoms with van der Waals surface area (Å²) in [5.74, 6) is -0.766. The second kappa shape index (κ2) is 9.84. The van der Waals surface area contributed by atoms with E-state index in [0.29, 0.717) is 40.3 Å². The molecular weight excluding hydrogens is 439 g/mol. The van der Waals surface area contributed by atoms with Crippen molar-refractivity contribution in [1.82, 2.24) is 4.57 Å². The number of hydrogen-bond acceptors (Lipinski definition) is 5. The number of thiazole rings is 1. The number of sulfone groups is 1. The van der Waals surface area contributed by atoms with Crippen molar-refractivity contribution in [2.24, 2.45) is 4.99 Å². The smallest absolute Gasteiger partial charge is 0.252 e. The zero-order valence-electron chi connectivity index (χ0n) is 17.7. The molecule has 0 spiro atoms. The Balaban J connectivity index is 1.88. The molecule has 0 aliphatic heterocycles. The van der Waals surface area contributed by atoms with Crippen molar-refractivity contribution in [2.45, 2.75) is 43.9 Å². The molecule has 9 heteroatoms. The van der Waals surface area contributed by atoms with Gasteiger partial charge in [0.2, 0.25) is 0 Å². The van der Waals surface area contributed by atoms with Gasteiger partial charge in [-0.1, -0.05) is 29.5 Å². The molecule has 166 valence electrons. The Bertz CT molecular complexity index is 1240. The van der Waals surface area contributed by atoms with Crippen LogP contribution in [0.5, 0.6) is 0 Å². The van der Waals surface area contributed by atoms with E-state index in [9.17, 15) is 17.6 Å². The number of ether oxygens (including phenoxy) is 1. The van der Waals surface area contributed by atoms with E-state index in [1.165, 1.54) is 29.5 Å². The lowest BCUT2D eigenvalue weighted by molar-refractivity contribution is -0.117. The summed E-state index contributed by atoms with van der Waals surface area (Å²) in [6.07, 6.45) is 0.0180. The summed E-state index contributed by atoms with van der Waals surface area (Å²) in [5, 5.41) is -0.518. The topological polar surface area (TPSA) is 77.7 Å². The minimum Gasteiger partial charge on any atom is -0.380 e. The fourth-order valence-electron chi connectivity index (χ4n) is 3.07. The first-order valence-corrected chi connectivity index (χ1v) is 12.4. The van der Waals surface area contributed by atoms with Crippen LogP contribution in [-0.2, 0) is 32.3 Å². The van der Waals surface area contributed by atoms with E-state index in [2.05, 4.69) is 4.99 Å². The Kier molecular flexibility index (Phi) is 7.40. The second-order valence-corrected chi connectivity index (χ2v) is 10.8. The first-order chi connectivity index (χ1) is 14.7. The Morgan fingerprint density at radius 1 is 1.19 bits per heavy atom. The predicted molar refractivity (Wildman–Crippen MR) is 119 cm³/mol. The summed E-state index contributed by atoms with van der Waals surface area (Å²) in [6, 6.07) is 11.1. The maximum atomic E-state index is 14.4. The molecule has 0 N–H and O–H groups in total. The van der Waals surface area contributed by atoms with Gasteiger partial charge in [-0.3, -0.25) is 4.79 Å². The highest BCUT2D eigenvalue weighted by atomic mass is 32.2. The number of carbonyl (C=O) groups is 1. The zero-order chi connectivity index (χ0) is 22.6. The van der Waals surface area contributed by atoms with Gasteiger partial charge in [-0.05, 0) is 50.6 Å². The number of halogens is 1. The number of hydrogen-bond donors (Lipinski definition) is 0. The SMILES string of the molecule is CCOCCn1c(=NC(=O)Cc2ccc(S(=O)(=O)C(C)C)cc2)sc2cccc(F)c21. The number of para-hydroxylation sites is 1. The first-order valence-electron chi connectivity index (χ1n) is 10.00. The molecular formula is C22H25FN2O4S2. The Morgan fingerprint density at radius 3 is 2.55 bits per heavy atom. The minimum absolute atomic E-state index is 0.0180. The van der Waals surface area contributed by atoms with E-state index < -0.39 is 21.0 Å². The van der Waals surface area contributed by atoms with E-state index >= 15 is 0 Å². The predicted octanol–water partition coefficient (Wildman–Crippen LogP) is 3.73. The lowest BCUT2D eigenvalue weighted by Crippen LogP contribution is -2.20. The molecule has 0 aliphatic carbocycles. The van der Waals surface area contributed by atoms with Crippen molar-refractivity contribution >= 4 is 37.3 Å². The summed E-state index contributed by atoms with van der Waals surface area (Å²) in [6.45, 7) is 6.43. The molecule has 1 amide bonds. The molecule has 31 heavy (non-hydrogen) atoms. The van der Waals surface area contributed by atoms with Crippen LogP contribution in [0.25, 0.3) is 10.2 Å². The van der Waals surface area contributed by atoms with E-state index in [1.54, 1.807) is 42.7 Å². The molecule has 0 bridgehead atoms. The summed E-state index contributed by atoms with van der Waals surface area (Å²) in [4.78, 5) is 17.4. The average Bonchev–Trinajstić information content (AvgIpc) is 3.06. The van der Waals surface area contributed by atoms with Crippen LogP contribution in [0.2, 0.25) is 0 Å². The molecule has 3 aromatic rings. The lowest BCUT2D eigenvalue weighted by Gasteiger charge is -2.08. The van der Waals surface area contributed by atoms with Gasteiger partial charge < -0.3 is 9.30 Å². The van der Waals surface area contributed by atoms with Gasteiger partial charge in [0.15, 0.2) is 14.6 Å². The molecule has 0 atom stereocenters. The van der Waals surface area contributed by atoms with Gasteiger partial charge in [0.05, 0.1) is 33.4 Å². The highest BCUT2D eigenvalue weighted by molar-refractivity contribution is 7.92. The van der Waals surface area contributed by atoms with Crippen molar-refractivity contribution in [2.75, 3.05) is 13.2 Å². The Morgan fingerprint density at radius 2 is 1.90 bits per heavy atom. The molecule has 0 saturated carbocycles. The summed E-state index contributed by atoms with van der Waals surface area (Å²) < 4.78 is 46.6. The fraction of sp³-hybridized carbons (Fsp3) is 0.364. The molecule has 3 rings (SSSR count). The van der Waals surface area contributed by atoms with Gasteiger partial charge in [-0.25, -0.2) is 12.8 Å². The number of nitrogens with zero attached hydrogens (tertiary/aromatic N) is 2. The number of amides is 1. The number of carbonyl (C=O) groups excluding carboxylic acids is 1. The highest BCUT2D eigenvalue weighted by Crippen LogP contribution is 2.21. The summed E-state index contributed by atoms with van der Waals surface area (Å²) in [7, 11) is -3.36. The second-order valence-electron chi connectivity index (χ2n) is 7.24. The van der Waals surface area contributed by atoms with Crippen molar-refractivity contribution in [3.63, 3.8) is 0 Å². The molecule has 6 nitrogen and oxygen atoms in total. The maximum absolute atomic E-state index is 14.4. The quantitative estimate of drug-likeness (QED) is 0.476. The molecule has 1 heterocycles. The van der Waals surface area contributed by atoms with Crippen molar-refractivity contribution in [3.05, 3.63) is 58.6 Å².